The van der Waals surface area contributed by atoms with E-state index in [-0.39, 0.29) is 11.3 Å². The summed E-state index contributed by atoms with van der Waals surface area (Å²) >= 11 is 0. The molecule has 1 unspecified atom stereocenters. The molecular weight excluding hydrogens is 340 g/mol. The monoisotopic (exact) mass is 372 g/mol. The Morgan fingerprint density at radius 3 is 2.37 bits per heavy atom. The van der Waals surface area contributed by atoms with Crippen LogP contribution in [0.25, 0.3) is 0 Å². The first-order valence-corrected chi connectivity index (χ1v) is 10.5. The van der Waals surface area contributed by atoms with E-state index >= 15 is 0 Å². The summed E-state index contributed by atoms with van der Waals surface area (Å²) in [4.78, 5) is 29.8. The molecule has 1 saturated carbocycles. The standard InChI is InChI=1S/C21H32N4O2/c1-15-19(16(2)23(3)22-15)20(27)25-13-17(21(14-25)9-6-10-21)7-8-18(26)24-11-4-5-12-24/h17H,4-14H2,1-3H3. The van der Waals surface area contributed by atoms with E-state index in [0.29, 0.717) is 18.2 Å². The molecule has 2 saturated heterocycles. The molecule has 4 rings (SSSR count). The molecule has 6 heteroatoms. The number of rotatable bonds is 4. The van der Waals surface area contributed by atoms with Crippen LogP contribution in [0.3, 0.4) is 0 Å². The summed E-state index contributed by atoms with van der Waals surface area (Å²) in [6.07, 6.45) is 7.50. The number of carbonyl (C=O) groups is 2. The van der Waals surface area contributed by atoms with Gasteiger partial charge in [0.05, 0.1) is 11.3 Å². The second kappa shape index (κ2) is 6.95. The number of hydrogen-bond acceptors (Lipinski definition) is 3. The lowest BCUT2D eigenvalue weighted by Gasteiger charge is -2.43. The van der Waals surface area contributed by atoms with Gasteiger partial charge in [0.15, 0.2) is 0 Å². The molecule has 0 bridgehead atoms. The summed E-state index contributed by atoms with van der Waals surface area (Å²) < 4.78 is 1.80. The minimum Gasteiger partial charge on any atom is -0.343 e. The Labute approximate surface area is 161 Å². The molecule has 1 atom stereocenters. The molecule has 6 nitrogen and oxygen atoms in total. The largest absolute Gasteiger partial charge is 0.343 e. The Balaban J connectivity index is 1.44. The zero-order chi connectivity index (χ0) is 19.2. The van der Waals surface area contributed by atoms with Crippen LogP contribution in [0.5, 0.6) is 0 Å². The van der Waals surface area contributed by atoms with E-state index in [1.54, 1.807) is 4.68 Å². The zero-order valence-electron chi connectivity index (χ0n) is 17.0. The van der Waals surface area contributed by atoms with Crippen molar-refractivity contribution in [3.63, 3.8) is 0 Å². The maximum absolute atomic E-state index is 13.2. The van der Waals surface area contributed by atoms with Crippen LogP contribution >= 0.6 is 0 Å². The topological polar surface area (TPSA) is 58.4 Å². The van der Waals surface area contributed by atoms with Crippen LogP contribution in [0.1, 0.15) is 66.7 Å². The van der Waals surface area contributed by atoms with Gasteiger partial charge in [-0.1, -0.05) is 6.42 Å². The molecule has 3 heterocycles. The smallest absolute Gasteiger partial charge is 0.257 e. The molecule has 3 fully saturated rings. The Bertz CT molecular complexity index is 744. The van der Waals surface area contributed by atoms with Gasteiger partial charge in [0.1, 0.15) is 0 Å². The number of hydrogen-bond donors (Lipinski definition) is 0. The average molecular weight is 373 g/mol. The van der Waals surface area contributed by atoms with Gasteiger partial charge in [-0.05, 0) is 57.3 Å². The highest BCUT2D eigenvalue weighted by atomic mass is 16.2. The van der Waals surface area contributed by atoms with Crippen LogP contribution in [0.15, 0.2) is 0 Å². The highest BCUT2D eigenvalue weighted by molar-refractivity contribution is 5.96. The van der Waals surface area contributed by atoms with Gasteiger partial charge in [0.25, 0.3) is 5.91 Å². The molecule has 2 aliphatic heterocycles. The molecule has 1 aromatic rings. The van der Waals surface area contributed by atoms with Crippen LogP contribution in [-0.4, -0.2) is 57.6 Å². The van der Waals surface area contributed by atoms with Crippen molar-refractivity contribution >= 4 is 11.8 Å². The third kappa shape index (κ3) is 3.17. The predicted molar refractivity (Wildman–Crippen MR) is 103 cm³/mol. The van der Waals surface area contributed by atoms with Crippen LogP contribution in [0, 0.1) is 25.2 Å². The van der Waals surface area contributed by atoms with Crippen LogP contribution in [0.2, 0.25) is 0 Å². The number of carbonyl (C=O) groups excluding carboxylic acids is 2. The Kier molecular flexibility index (Phi) is 4.77. The van der Waals surface area contributed by atoms with Gasteiger partial charge in [-0.25, -0.2) is 0 Å². The molecule has 1 aromatic heterocycles. The number of amides is 2. The number of aryl methyl sites for hydroxylation is 2. The summed E-state index contributed by atoms with van der Waals surface area (Å²) in [6.45, 7) is 7.38. The Hall–Kier alpha value is -1.85. The van der Waals surface area contributed by atoms with Crippen molar-refractivity contribution in [1.82, 2.24) is 19.6 Å². The number of likely N-dealkylation sites (tertiary alicyclic amines) is 2. The Morgan fingerprint density at radius 2 is 1.81 bits per heavy atom. The summed E-state index contributed by atoms with van der Waals surface area (Å²) in [7, 11) is 1.89. The van der Waals surface area contributed by atoms with E-state index < -0.39 is 0 Å². The molecule has 3 aliphatic rings. The minimum atomic E-state index is 0.123. The number of nitrogens with zero attached hydrogens (tertiary/aromatic N) is 4. The van der Waals surface area contributed by atoms with Gasteiger partial charge in [-0.15, -0.1) is 0 Å². The fraction of sp³-hybridized carbons (Fsp3) is 0.762. The lowest BCUT2D eigenvalue weighted by atomic mass is 9.62. The number of aromatic nitrogens is 2. The van der Waals surface area contributed by atoms with Gasteiger partial charge in [-0.3, -0.25) is 14.3 Å². The van der Waals surface area contributed by atoms with Gasteiger partial charge >= 0.3 is 0 Å². The molecule has 0 aromatic carbocycles. The molecule has 148 valence electrons. The van der Waals surface area contributed by atoms with Crippen molar-refractivity contribution in [3.05, 3.63) is 17.0 Å². The van der Waals surface area contributed by atoms with Crippen molar-refractivity contribution in [3.8, 4) is 0 Å². The van der Waals surface area contributed by atoms with Crippen molar-refractivity contribution < 1.29 is 9.59 Å². The first-order valence-electron chi connectivity index (χ1n) is 10.5. The van der Waals surface area contributed by atoms with Crippen LogP contribution in [0.4, 0.5) is 0 Å². The van der Waals surface area contributed by atoms with Crippen molar-refractivity contribution in [2.24, 2.45) is 18.4 Å². The van der Waals surface area contributed by atoms with Gasteiger partial charge in [-0.2, -0.15) is 5.10 Å². The zero-order valence-corrected chi connectivity index (χ0v) is 17.0. The first-order chi connectivity index (χ1) is 12.9. The fourth-order valence-electron chi connectivity index (χ4n) is 5.45. The van der Waals surface area contributed by atoms with Gasteiger partial charge in [0.2, 0.25) is 5.91 Å². The Morgan fingerprint density at radius 1 is 1.11 bits per heavy atom. The SMILES string of the molecule is Cc1nn(C)c(C)c1C(=O)N1CC(CCC(=O)N2CCCC2)C2(CCC2)C1. The highest BCUT2D eigenvalue weighted by Gasteiger charge is 2.51. The normalized spacial score (nSPS) is 23.9. The van der Waals surface area contributed by atoms with Crippen molar-refractivity contribution in [2.75, 3.05) is 26.2 Å². The lowest BCUT2D eigenvalue weighted by Crippen LogP contribution is -2.39. The van der Waals surface area contributed by atoms with E-state index in [2.05, 4.69) is 5.10 Å². The molecular formula is C21H32N4O2. The highest BCUT2D eigenvalue weighted by Crippen LogP contribution is 2.53. The third-order valence-electron chi connectivity index (χ3n) is 7.34. The molecule has 2 amide bonds. The van der Waals surface area contributed by atoms with E-state index in [1.807, 2.05) is 30.7 Å². The van der Waals surface area contributed by atoms with E-state index in [1.165, 1.54) is 19.3 Å². The summed E-state index contributed by atoms with van der Waals surface area (Å²) in [6, 6.07) is 0. The van der Waals surface area contributed by atoms with Crippen LogP contribution in [-0.2, 0) is 11.8 Å². The second-order valence-electron chi connectivity index (χ2n) is 8.89. The van der Waals surface area contributed by atoms with E-state index in [4.69, 9.17) is 0 Å². The first kappa shape index (κ1) is 18.5. The van der Waals surface area contributed by atoms with Gasteiger partial charge < -0.3 is 9.80 Å². The van der Waals surface area contributed by atoms with Gasteiger partial charge in [0, 0.05) is 45.3 Å². The average Bonchev–Trinajstić information content (AvgIpc) is 3.31. The van der Waals surface area contributed by atoms with Crippen molar-refractivity contribution in [1.29, 1.82) is 0 Å². The van der Waals surface area contributed by atoms with Crippen LogP contribution < -0.4 is 0 Å². The van der Waals surface area contributed by atoms with E-state index in [0.717, 1.165) is 62.4 Å². The summed E-state index contributed by atoms with van der Waals surface area (Å²) in [5.41, 5.74) is 2.77. The quantitative estimate of drug-likeness (QED) is 0.816. The second-order valence-corrected chi connectivity index (χ2v) is 8.89. The molecule has 0 N–H and O–H groups in total. The maximum atomic E-state index is 13.2. The molecule has 27 heavy (non-hydrogen) atoms. The summed E-state index contributed by atoms with van der Waals surface area (Å²) in [5, 5.41) is 4.42. The molecule has 1 spiro atoms. The fourth-order valence-corrected chi connectivity index (χ4v) is 5.45. The minimum absolute atomic E-state index is 0.123. The summed E-state index contributed by atoms with van der Waals surface area (Å²) in [5.74, 6) is 0.891. The third-order valence-corrected chi connectivity index (χ3v) is 7.34. The molecule has 0 radical (unpaired) electrons. The lowest BCUT2D eigenvalue weighted by molar-refractivity contribution is -0.130. The maximum Gasteiger partial charge on any atom is 0.257 e. The predicted octanol–water partition coefficient (Wildman–Crippen LogP) is 2.68. The van der Waals surface area contributed by atoms with E-state index in [9.17, 15) is 9.59 Å². The molecule has 1 aliphatic carbocycles. The van der Waals surface area contributed by atoms with Crippen molar-refractivity contribution in [2.45, 2.75) is 58.8 Å².